The third-order valence-corrected chi connectivity index (χ3v) is 3.72. The van der Waals surface area contributed by atoms with Crippen molar-refractivity contribution in [2.24, 2.45) is 0 Å². The molecule has 18 heavy (non-hydrogen) atoms. The Labute approximate surface area is 110 Å². The van der Waals surface area contributed by atoms with Crippen LogP contribution in [0.15, 0.2) is 16.7 Å². The predicted molar refractivity (Wildman–Crippen MR) is 73.5 cm³/mol. The van der Waals surface area contributed by atoms with Crippen molar-refractivity contribution in [2.75, 3.05) is 34.2 Å². The van der Waals surface area contributed by atoms with E-state index in [0.29, 0.717) is 6.04 Å². The summed E-state index contributed by atoms with van der Waals surface area (Å²) in [6, 6.07) is 2.81. The van der Waals surface area contributed by atoms with Crippen LogP contribution < -0.4 is 5.32 Å². The number of piperidine rings is 1. The van der Waals surface area contributed by atoms with E-state index in [2.05, 4.69) is 35.3 Å². The van der Waals surface area contributed by atoms with Gasteiger partial charge in [-0.05, 0) is 46.6 Å². The van der Waals surface area contributed by atoms with Crippen molar-refractivity contribution in [3.63, 3.8) is 0 Å². The summed E-state index contributed by atoms with van der Waals surface area (Å²) in [4.78, 5) is 4.83. The van der Waals surface area contributed by atoms with Gasteiger partial charge in [0.05, 0.1) is 12.8 Å². The van der Waals surface area contributed by atoms with E-state index < -0.39 is 0 Å². The Hall–Kier alpha value is -0.840. The summed E-state index contributed by atoms with van der Waals surface area (Å²) in [6.45, 7) is 4.18. The molecular formula is C14H25N3O. The molecule has 1 aromatic heterocycles. The van der Waals surface area contributed by atoms with E-state index in [1.54, 1.807) is 0 Å². The average Bonchev–Trinajstić information content (AvgIpc) is 2.77. The molecule has 0 spiro atoms. The zero-order valence-corrected chi connectivity index (χ0v) is 11.8. The number of hydrogen-bond donors (Lipinski definition) is 1. The fourth-order valence-corrected chi connectivity index (χ4v) is 2.68. The SMILES string of the molecule is CNCc1coc(CN(C)C2CCCN(C)C2)c1. The normalized spacial score (nSPS) is 21.7. The van der Waals surface area contributed by atoms with E-state index >= 15 is 0 Å². The third-order valence-electron chi connectivity index (χ3n) is 3.72. The van der Waals surface area contributed by atoms with Gasteiger partial charge in [0.25, 0.3) is 0 Å². The lowest BCUT2D eigenvalue weighted by Crippen LogP contribution is -2.44. The van der Waals surface area contributed by atoms with Gasteiger partial charge in [-0.2, -0.15) is 0 Å². The molecule has 0 aromatic carbocycles. The molecule has 1 atom stereocenters. The van der Waals surface area contributed by atoms with Gasteiger partial charge in [0.15, 0.2) is 0 Å². The smallest absolute Gasteiger partial charge is 0.118 e. The summed E-state index contributed by atoms with van der Waals surface area (Å²) in [5.41, 5.74) is 1.22. The van der Waals surface area contributed by atoms with E-state index in [1.165, 1.54) is 31.5 Å². The summed E-state index contributed by atoms with van der Waals surface area (Å²) >= 11 is 0. The number of nitrogens with one attached hydrogen (secondary N) is 1. The third kappa shape index (κ3) is 3.57. The first-order chi connectivity index (χ1) is 8.69. The maximum Gasteiger partial charge on any atom is 0.118 e. The number of likely N-dealkylation sites (N-methyl/N-ethyl adjacent to an activating group) is 2. The van der Waals surface area contributed by atoms with E-state index in [1.807, 2.05) is 13.3 Å². The second-order valence-electron chi connectivity index (χ2n) is 5.43. The minimum absolute atomic E-state index is 0.654. The molecule has 1 aliphatic heterocycles. The maximum atomic E-state index is 5.61. The van der Waals surface area contributed by atoms with Crippen LogP contribution in [0.1, 0.15) is 24.2 Å². The zero-order valence-electron chi connectivity index (χ0n) is 11.8. The minimum atomic E-state index is 0.654. The van der Waals surface area contributed by atoms with Crippen molar-refractivity contribution >= 4 is 0 Å². The summed E-state index contributed by atoms with van der Waals surface area (Å²) in [6.07, 6.45) is 4.45. The van der Waals surface area contributed by atoms with Crippen molar-refractivity contribution in [1.82, 2.24) is 15.1 Å². The average molecular weight is 251 g/mol. The van der Waals surface area contributed by atoms with Gasteiger partial charge in [-0.25, -0.2) is 0 Å². The van der Waals surface area contributed by atoms with Crippen LogP contribution in [-0.2, 0) is 13.1 Å². The number of nitrogens with zero attached hydrogens (tertiary/aromatic N) is 2. The molecule has 0 radical (unpaired) electrons. The van der Waals surface area contributed by atoms with Crippen molar-refractivity contribution < 1.29 is 4.42 Å². The van der Waals surface area contributed by atoms with Crippen LogP contribution in [0.2, 0.25) is 0 Å². The first-order valence-electron chi connectivity index (χ1n) is 6.78. The molecule has 4 nitrogen and oxygen atoms in total. The maximum absolute atomic E-state index is 5.61. The molecule has 102 valence electrons. The molecule has 1 saturated heterocycles. The first kappa shape index (κ1) is 13.6. The number of hydrogen-bond acceptors (Lipinski definition) is 4. The van der Waals surface area contributed by atoms with Crippen LogP contribution in [-0.4, -0.2) is 50.1 Å². The van der Waals surface area contributed by atoms with Crippen molar-refractivity contribution in [3.05, 3.63) is 23.7 Å². The lowest BCUT2D eigenvalue weighted by Gasteiger charge is -2.35. The number of rotatable bonds is 5. The highest BCUT2D eigenvalue weighted by atomic mass is 16.3. The van der Waals surface area contributed by atoms with Crippen LogP contribution in [0.5, 0.6) is 0 Å². The highest BCUT2D eigenvalue weighted by Crippen LogP contribution is 2.17. The quantitative estimate of drug-likeness (QED) is 0.860. The molecule has 1 N–H and O–H groups in total. The standard InChI is InChI=1S/C14H25N3O/c1-15-8-12-7-14(18-11-12)10-17(3)13-5-4-6-16(2)9-13/h7,11,13,15H,4-6,8-10H2,1-3H3. The highest BCUT2D eigenvalue weighted by Gasteiger charge is 2.21. The van der Waals surface area contributed by atoms with Gasteiger partial charge in [0.1, 0.15) is 5.76 Å². The molecule has 0 bridgehead atoms. The van der Waals surface area contributed by atoms with Crippen molar-refractivity contribution in [2.45, 2.75) is 32.0 Å². The molecule has 0 aliphatic carbocycles. The molecular weight excluding hydrogens is 226 g/mol. The summed E-state index contributed by atoms with van der Waals surface area (Å²) < 4.78 is 5.61. The second kappa shape index (κ2) is 6.36. The lowest BCUT2D eigenvalue weighted by atomic mass is 10.1. The summed E-state index contributed by atoms with van der Waals surface area (Å²) in [5, 5.41) is 3.14. The fraction of sp³-hybridized carbons (Fsp3) is 0.714. The van der Waals surface area contributed by atoms with Crippen LogP contribution >= 0.6 is 0 Å². The predicted octanol–water partition coefficient (Wildman–Crippen LogP) is 1.53. The molecule has 1 fully saturated rings. The first-order valence-corrected chi connectivity index (χ1v) is 6.78. The fourth-order valence-electron chi connectivity index (χ4n) is 2.68. The van der Waals surface area contributed by atoms with E-state index in [-0.39, 0.29) is 0 Å². The van der Waals surface area contributed by atoms with Gasteiger partial charge in [0, 0.05) is 24.7 Å². The lowest BCUT2D eigenvalue weighted by molar-refractivity contribution is 0.123. The van der Waals surface area contributed by atoms with Gasteiger partial charge >= 0.3 is 0 Å². The Morgan fingerprint density at radius 3 is 3.11 bits per heavy atom. The van der Waals surface area contributed by atoms with Crippen LogP contribution in [0.3, 0.4) is 0 Å². The van der Waals surface area contributed by atoms with Gasteiger partial charge < -0.3 is 14.6 Å². The van der Waals surface area contributed by atoms with E-state index in [4.69, 9.17) is 4.42 Å². The van der Waals surface area contributed by atoms with Gasteiger partial charge in [-0.1, -0.05) is 0 Å². The van der Waals surface area contributed by atoms with Gasteiger partial charge in [0.2, 0.25) is 0 Å². The zero-order chi connectivity index (χ0) is 13.0. The van der Waals surface area contributed by atoms with Crippen LogP contribution in [0.25, 0.3) is 0 Å². The molecule has 1 aliphatic rings. The number of likely N-dealkylation sites (tertiary alicyclic amines) is 1. The molecule has 1 unspecified atom stereocenters. The minimum Gasteiger partial charge on any atom is -0.468 e. The molecule has 2 rings (SSSR count). The number of furan rings is 1. The Balaban J connectivity index is 1.87. The second-order valence-corrected chi connectivity index (χ2v) is 5.43. The Morgan fingerprint density at radius 1 is 1.56 bits per heavy atom. The highest BCUT2D eigenvalue weighted by molar-refractivity contribution is 5.12. The van der Waals surface area contributed by atoms with E-state index in [9.17, 15) is 0 Å². The summed E-state index contributed by atoms with van der Waals surface area (Å²) in [5.74, 6) is 1.07. The monoisotopic (exact) mass is 251 g/mol. The molecule has 1 aromatic rings. The Morgan fingerprint density at radius 2 is 2.39 bits per heavy atom. The molecule has 4 heteroatoms. The molecule has 2 heterocycles. The molecule has 0 amide bonds. The van der Waals surface area contributed by atoms with Gasteiger partial charge in [-0.3, -0.25) is 4.90 Å². The van der Waals surface area contributed by atoms with Crippen LogP contribution in [0, 0.1) is 0 Å². The van der Waals surface area contributed by atoms with E-state index in [0.717, 1.165) is 18.8 Å². The summed E-state index contributed by atoms with van der Waals surface area (Å²) in [7, 11) is 6.36. The van der Waals surface area contributed by atoms with Gasteiger partial charge in [-0.15, -0.1) is 0 Å². The largest absolute Gasteiger partial charge is 0.468 e. The topological polar surface area (TPSA) is 31.7 Å². The van der Waals surface area contributed by atoms with Crippen molar-refractivity contribution in [1.29, 1.82) is 0 Å². The van der Waals surface area contributed by atoms with Crippen molar-refractivity contribution in [3.8, 4) is 0 Å². The molecule has 0 saturated carbocycles. The Kier molecular flexibility index (Phi) is 4.80. The van der Waals surface area contributed by atoms with Crippen LogP contribution in [0.4, 0.5) is 0 Å². The Bertz CT molecular complexity index is 364.